The van der Waals surface area contributed by atoms with Gasteiger partial charge < -0.3 is 4.74 Å². The van der Waals surface area contributed by atoms with Crippen molar-refractivity contribution in [2.45, 2.75) is 6.61 Å². The molecule has 6 heteroatoms. The van der Waals surface area contributed by atoms with Gasteiger partial charge in [0.05, 0.1) is 10.2 Å². The van der Waals surface area contributed by atoms with Crippen LogP contribution in [0.25, 0.3) is 10.2 Å². The van der Waals surface area contributed by atoms with Crippen LogP contribution in [0.3, 0.4) is 0 Å². The zero-order chi connectivity index (χ0) is 10.1. The van der Waals surface area contributed by atoms with Crippen LogP contribution >= 0.6 is 27.3 Å². The molecule has 14 heavy (non-hydrogen) atoms. The van der Waals surface area contributed by atoms with Crippen LogP contribution in [0.5, 0.6) is 5.75 Å². The number of hydrogen-bond donors (Lipinski definition) is 0. The van der Waals surface area contributed by atoms with Crippen LogP contribution in [0.15, 0.2) is 22.1 Å². The maximum atomic E-state index is 11.9. The number of thiazole rings is 1. The quantitative estimate of drug-likeness (QED) is 0.837. The highest BCUT2D eigenvalue weighted by Gasteiger charge is 2.06. The lowest BCUT2D eigenvalue weighted by atomic mass is 10.3. The van der Waals surface area contributed by atoms with Crippen molar-refractivity contribution in [2.75, 3.05) is 0 Å². The fourth-order valence-corrected chi connectivity index (χ4v) is 2.49. The largest absolute Gasteiger partial charge is 0.435 e. The average Bonchev–Trinajstić information content (AvgIpc) is 2.42. The molecule has 0 N–H and O–H groups in total. The van der Waals surface area contributed by atoms with Crippen LogP contribution in [-0.2, 0) is 0 Å². The van der Waals surface area contributed by atoms with Crippen molar-refractivity contribution in [3.8, 4) is 5.75 Å². The van der Waals surface area contributed by atoms with E-state index in [0.717, 1.165) is 14.1 Å². The van der Waals surface area contributed by atoms with Gasteiger partial charge in [0.2, 0.25) is 0 Å². The molecule has 0 aliphatic carbocycles. The molecule has 0 saturated heterocycles. The third-order valence-corrected chi connectivity index (χ3v) is 3.03. The number of halogens is 3. The van der Waals surface area contributed by atoms with Crippen LogP contribution < -0.4 is 4.74 Å². The molecular formula is C8H4BrF2NOS. The van der Waals surface area contributed by atoms with Crippen LogP contribution in [-0.4, -0.2) is 11.6 Å². The van der Waals surface area contributed by atoms with E-state index in [1.807, 2.05) is 0 Å². The molecule has 0 amide bonds. The standard InChI is InChI=1S/C8H4BrF2NOS/c9-7-12-5-2-1-4(13-8(10)11)3-6(5)14-7/h1-3,8H. The summed E-state index contributed by atoms with van der Waals surface area (Å²) in [6.45, 7) is -2.79. The summed E-state index contributed by atoms with van der Waals surface area (Å²) in [7, 11) is 0. The molecule has 2 nitrogen and oxygen atoms in total. The minimum atomic E-state index is -2.79. The van der Waals surface area contributed by atoms with E-state index >= 15 is 0 Å². The maximum Gasteiger partial charge on any atom is 0.387 e. The number of ether oxygens (including phenoxy) is 1. The number of rotatable bonds is 2. The summed E-state index contributed by atoms with van der Waals surface area (Å²) in [6, 6.07) is 4.67. The van der Waals surface area contributed by atoms with E-state index in [-0.39, 0.29) is 5.75 Å². The van der Waals surface area contributed by atoms with Crippen molar-refractivity contribution in [1.29, 1.82) is 0 Å². The van der Waals surface area contributed by atoms with E-state index in [1.54, 1.807) is 12.1 Å². The summed E-state index contributed by atoms with van der Waals surface area (Å²) in [5.41, 5.74) is 0.767. The first-order chi connectivity index (χ1) is 6.65. The van der Waals surface area contributed by atoms with E-state index < -0.39 is 6.61 Å². The Hall–Kier alpha value is -0.750. The molecule has 0 aliphatic rings. The van der Waals surface area contributed by atoms with Crippen LogP contribution in [0.2, 0.25) is 0 Å². The van der Waals surface area contributed by atoms with E-state index in [2.05, 4.69) is 25.7 Å². The molecule has 2 rings (SSSR count). The van der Waals surface area contributed by atoms with Gasteiger partial charge >= 0.3 is 6.61 Å². The number of aromatic nitrogens is 1. The van der Waals surface area contributed by atoms with E-state index in [9.17, 15) is 8.78 Å². The van der Waals surface area contributed by atoms with Gasteiger partial charge in [0.25, 0.3) is 0 Å². The van der Waals surface area contributed by atoms with Crippen LogP contribution in [0.1, 0.15) is 0 Å². The van der Waals surface area contributed by atoms with Crippen molar-refractivity contribution in [3.05, 3.63) is 22.1 Å². The van der Waals surface area contributed by atoms with E-state index in [1.165, 1.54) is 17.4 Å². The Morgan fingerprint density at radius 2 is 2.21 bits per heavy atom. The van der Waals surface area contributed by atoms with Crippen LogP contribution in [0.4, 0.5) is 8.78 Å². The third-order valence-electron chi connectivity index (χ3n) is 1.56. The fourth-order valence-electron chi connectivity index (χ4n) is 1.05. The molecule has 0 saturated carbocycles. The Morgan fingerprint density at radius 3 is 2.93 bits per heavy atom. The SMILES string of the molecule is FC(F)Oc1ccc2nc(Br)sc2c1. The second-order valence-electron chi connectivity index (χ2n) is 2.47. The Morgan fingerprint density at radius 1 is 1.43 bits per heavy atom. The van der Waals surface area contributed by atoms with Crippen molar-refractivity contribution in [3.63, 3.8) is 0 Å². The Bertz CT molecular complexity index is 460. The fraction of sp³-hybridized carbons (Fsp3) is 0.125. The molecule has 0 unspecified atom stereocenters. The molecule has 1 heterocycles. The van der Waals surface area contributed by atoms with Crippen molar-refractivity contribution >= 4 is 37.5 Å². The predicted octanol–water partition coefficient (Wildman–Crippen LogP) is 3.66. The summed E-state index contributed by atoms with van der Waals surface area (Å²) < 4.78 is 29.6. The molecule has 0 bridgehead atoms. The summed E-state index contributed by atoms with van der Waals surface area (Å²) in [5.74, 6) is 0.156. The number of hydrogen-bond acceptors (Lipinski definition) is 3. The van der Waals surface area contributed by atoms with Crippen molar-refractivity contribution in [1.82, 2.24) is 4.98 Å². The third kappa shape index (κ3) is 2.01. The summed E-state index contributed by atoms with van der Waals surface area (Å²) in [6.07, 6.45) is 0. The smallest absolute Gasteiger partial charge is 0.387 e. The summed E-state index contributed by atoms with van der Waals surface area (Å²) in [5, 5.41) is 0. The Kier molecular flexibility index (Phi) is 2.64. The number of benzene rings is 1. The highest BCUT2D eigenvalue weighted by Crippen LogP contribution is 2.29. The van der Waals surface area contributed by atoms with Gasteiger partial charge in [0.15, 0.2) is 3.92 Å². The topological polar surface area (TPSA) is 22.1 Å². The van der Waals surface area contributed by atoms with E-state index in [0.29, 0.717) is 0 Å². The zero-order valence-corrected chi connectivity index (χ0v) is 9.11. The minimum absolute atomic E-state index is 0.156. The highest BCUT2D eigenvalue weighted by molar-refractivity contribution is 9.11. The molecular weight excluding hydrogens is 276 g/mol. The molecule has 0 aliphatic heterocycles. The molecule has 0 atom stereocenters. The molecule has 0 fully saturated rings. The molecule has 2 aromatic rings. The minimum Gasteiger partial charge on any atom is -0.435 e. The molecule has 1 aromatic heterocycles. The lowest BCUT2D eigenvalue weighted by molar-refractivity contribution is -0.0497. The molecule has 0 radical (unpaired) electrons. The van der Waals surface area contributed by atoms with Gasteiger partial charge in [-0.2, -0.15) is 8.78 Å². The average molecular weight is 280 g/mol. The van der Waals surface area contributed by atoms with Gasteiger partial charge in [-0.3, -0.25) is 0 Å². The molecule has 74 valence electrons. The summed E-state index contributed by atoms with van der Waals surface area (Å²) >= 11 is 4.59. The van der Waals surface area contributed by atoms with Gasteiger partial charge in [0, 0.05) is 0 Å². The maximum absolute atomic E-state index is 11.9. The van der Waals surface area contributed by atoms with Gasteiger partial charge in [-0.1, -0.05) is 0 Å². The number of alkyl halides is 2. The first kappa shape index (κ1) is 9.79. The lowest BCUT2D eigenvalue weighted by Gasteiger charge is -2.02. The monoisotopic (exact) mass is 279 g/mol. The normalized spacial score (nSPS) is 11.1. The zero-order valence-electron chi connectivity index (χ0n) is 6.71. The molecule has 1 aromatic carbocycles. The number of nitrogens with zero attached hydrogens (tertiary/aromatic N) is 1. The highest BCUT2D eigenvalue weighted by atomic mass is 79.9. The summed E-state index contributed by atoms with van der Waals surface area (Å²) in [4.78, 5) is 4.13. The van der Waals surface area contributed by atoms with Gasteiger partial charge in [-0.05, 0) is 34.1 Å². The number of fused-ring (bicyclic) bond motifs is 1. The van der Waals surface area contributed by atoms with Crippen molar-refractivity contribution < 1.29 is 13.5 Å². The first-order valence-corrected chi connectivity index (χ1v) is 5.27. The van der Waals surface area contributed by atoms with Gasteiger partial charge in [-0.15, -0.1) is 11.3 Å². The van der Waals surface area contributed by atoms with Crippen LogP contribution in [0, 0.1) is 0 Å². The second kappa shape index (κ2) is 3.78. The molecule has 0 spiro atoms. The van der Waals surface area contributed by atoms with Crippen molar-refractivity contribution in [2.24, 2.45) is 0 Å². The van der Waals surface area contributed by atoms with Gasteiger partial charge in [0.1, 0.15) is 5.75 Å². The Balaban J connectivity index is 2.40. The van der Waals surface area contributed by atoms with E-state index in [4.69, 9.17) is 0 Å². The lowest BCUT2D eigenvalue weighted by Crippen LogP contribution is -2.01. The predicted molar refractivity (Wildman–Crippen MR) is 54.0 cm³/mol. The van der Waals surface area contributed by atoms with Gasteiger partial charge in [-0.25, -0.2) is 4.98 Å². The Labute approximate surface area is 90.7 Å². The first-order valence-electron chi connectivity index (χ1n) is 3.66. The second-order valence-corrected chi connectivity index (χ2v) is 4.78.